The zero-order chi connectivity index (χ0) is 22.7. The van der Waals surface area contributed by atoms with Gasteiger partial charge in [0.15, 0.2) is 10.8 Å². The maximum absolute atomic E-state index is 8.71. The maximum Gasteiger partial charge on any atom is 0.163 e. The molecule has 0 saturated heterocycles. The number of halogens is 1. The van der Waals surface area contributed by atoms with Gasteiger partial charge in [0, 0.05) is 37.6 Å². The minimum atomic E-state index is 0.336. The Morgan fingerprint density at radius 3 is 1.65 bits per heavy atom. The van der Waals surface area contributed by atoms with Gasteiger partial charge < -0.3 is 0 Å². The van der Waals surface area contributed by atoms with Crippen LogP contribution < -0.4 is 0 Å². The average Bonchev–Trinajstić information content (AvgIpc) is 3.22. The van der Waals surface area contributed by atoms with Crippen molar-refractivity contribution >= 4 is 11.6 Å². The standard InChI is InChI=1S/C11H11N5.C10H11ClN4/c1-7-4-9(5-12)13-14-11(7)10-6-16(3)15-8(10)2;1-6-4-9(11)12-13-10(6)8-5-15(3)14-7(8)2/h4,6H,1-3H3;4-5H,1-3H3. The van der Waals surface area contributed by atoms with Crippen LogP contribution in [0.3, 0.4) is 0 Å². The number of nitriles is 1. The molecule has 0 bridgehead atoms. The van der Waals surface area contributed by atoms with E-state index in [0.29, 0.717) is 10.8 Å². The second-order valence-electron chi connectivity index (χ2n) is 7.18. The first-order valence-corrected chi connectivity index (χ1v) is 9.83. The van der Waals surface area contributed by atoms with Crippen LogP contribution >= 0.6 is 11.6 Å². The summed E-state index contributed by atoms with van der Waals surface area (Å²) < 4.78 is 3.50. The summed E-state index contributed by atoms with van der Waals surface area (Å²) in [5, 5.41) is 33.5. The van der Waals surface area contributed by atoms with Gasteiger partial charge in [0.1, 0.15) is 6.07 Å². The van der Waals surface area contributed by atoms with Crippen LogP contribution in [0, 0.1) is 39.0 Å². The molecule has 0 unspecified atom stereocenters. The van der Waals surface area contributed by atoms with Crippen molar-refractivity contribution in [2.24, 2.45) is 14.1 Å². The molecule has 0 spiro atoms. The van der Waals surface area contributed by atoms with Crippen LogP contribution in [0.1, 0.15) is 28.2 Å². The number of rotatable bonds is 2. The molecule has 0 fully saturated rings. The first kappa shape index (κ1) is 22.1. The first-order valence-electron chi connectivity index (χ1n) is 9.45. The fourth-order valence-corrected chi connectivity index (χ4v) is 3.39. The molecule has 4 rings (SSSR count). The van der Waals surface area contributed by atoms with E-state index in [9.17, 15) is 0 Å². The molecule has 0 N–H and O–H groups in total. The Morgan fingerprint density at radius 1 is 0.774 bits per heavy atom. The van der Waals surface area contributed by atoms with Crippen LogP contribution in [0.4, 0.5) is 0 Å². The molecule has 10 heteroatoms. The monoisotopic (exact) mass is 435 g/mol. The minimum absolute atomic E-state index is 0.336. The van der Waals surface area contributed by atoms with Crippen molar-refractivity contribution in [1.82, 2.24) is 40.0 Å². The molecule has 4 heterocycles. The highest BCUT2D eigenvalue weighted by atomic mass is 35.5. The molecule has 0 aliphatic carbocycles. The molecule has 4 aromatic heterocycles. The molecular formula is C21H22ClN9. The molecule has 0 saturated carbocycles. The summed E-state index contributed by atoms with van der Waals surface area (Å²) in [7, 11) is 3.75. The number of hydrogen-bond acceptors (Lipinski definition) is 7. The van der Waals surface area contributed by atoms with Gasteiger partial charge in [-0.3, -0.25) is 9.36 Å². The lowest BCUT2D eigenvalue weighted by Gasteiger charge is -2.01. The summed E-state index contributed by atoms with van der Waals surface area (Å²) in [6.45, 7) is 7.75. The Balaban J connectivity index is 0.000000176. The van der Waals surface area contributed by atoms with Crippen LogP contribution in [-0.4, -0.2) is 40.0 Å². The van der Waals surface area contributed by atoms with Crippen molar-refractivity contribution < 1.29 is 0 Å². The molecule has 31 heavy (non-hydrogen) atoms. The van der Waals surface area contributed by atoms with Crippen molar-refractivity contribution in [2.45, 2.75) is 27.7 Å². The van der Waals surface area contributed by atoms with E-state index in [4.69, 9.17) is 16.9 Å². The number of aromatic nitrogens is 8. The van der Waals surface area contributed by atoms with E-state index in [0.717, 1.165) is 45.0 Å². The van der Waals surface area contributed by atoms with Gasteiger partial charge in [0.05, 0.1) is 22.8 Å². The Morgan fingerprint density at radius 2 is 1.26 bits per heavy atom. The van der Waals surface area contributed by atoms with Gasteiger partial charge in [0.25, 0.3) is 0 Å². The maximum atomic E-state index is 8.71. The third-order valence-electron chi connectivity index (χ3n) is 4.59. The second-order valence-corrected chi connectivity index (χ2v) is 7.56. The number of hydrogen-bond donors (Lipinski definition) is 0. The van der Waals surface area contributed by atoms with Crippen LogP contribution in [0.5, 0.6) is 0 Å². The summed E-state index contributed by atoms with van der Waals surface area (Å²) in [5.74, 6) is 0. The van der Waals surface area contributed by atoms with Crippen LogP contribution in [-0.2, 0) is 14.1 Å². The zero-order valence-electron chi connectivity index (χ0n) is 18.2. The molecule has 158 valence electrons. The molecule has 4 aromatic rings. The number of nitrogens with zero attached hydrogens (tertiary/aromatic N) is 9. The normalized spacial score (nSPS) is 10.4. The highest BCUT2D eigenvalue weighted by Gasteiger charge is 2.12. The van der Waals surface area contributed by atoms with Crippen molar-refractivity contribution in [3.05, 3.63) is 57.9 Å². The van der Waals surface area contributed by atoms with Crippen molar-refractivity contribution in [3.63, 3.8) is 0 Å². The lowest BCUT2D eigenvalue weighted by molar-refractivity contribution is 0.756. The van der Waals surface area contributed by atoms with Gasteiger partial charge in [-0.25, -0.2) is 0 Å². The largest absolute Gasteiger partial charge is 0.275 e. The van der Waals surface area contributed by atoms with Crippen molar-refractivity contribution in [2.75, 3.05) is 0 Å². The van der Waals surface area contributed by atoms with E-state index in [1.165, 1.54) is 0 Å². The van der Waals surface area contributed by atoms with Crippen molar-refractivity contribution in [1.29, 1.82) is 5.26 Å². The van der Waals surface area contributed by atoms with Gasteiger partial charge in [-0.05, 0) is 51.0 Å². The lowest BCUT2D eigenvalue weighted by Crippen LogP contribution is -1.95. The van der Waals surface area contributed by atoms with E-state index in [1.54, 1.807) is 21.5 Å². The van der Waals surface area contributed by atoms with E-state index in [2.05, 4.69) is 30.6 Å². The van der Waals surface area contributed by atoms with E-state index >= 15 is 0 Å². The molecule has 0 radical (unpaired) electrons. The highest BCUT2D eigenvalue weighted by Crippen LogP contribution is 2.24. The Bertz CT molecular complexity index is 1280. The summed E-state index contributed by atoms with van der Waals surface area (Å²) in [4.78, 5) is 0. The Hall–Kier alpha value is -3.64. The molecule has 9 nitrogen and oxygen atoms in total. The highest BCUT2D eigenvalue weighted by molar-refractivity contribution is 6.29. The van der Waals surface area contributed by atoms with Crippen LogP contribution in [0.2, 0.25) is 5.15 Å². The molecule has 0 atom stereocenters. The minimum Gasteiger partial charge on any atom is -0.275 e. The Kier molecular flexibility index (Phi) is 6.42. The van der Waals surface area contributed by atoms with E-state index < -0.39 is 0 Å². The van der Waals surface area contributed by atoms with Gasteiger partial charge in [-0.15, -0.1) is 20.4 Å². The average molecular weight is 436 g/mol. The van der Waals surface area contributed by atoms with Gasteiger partial charge in [0.2, 0.25) is 0 Å². The summed E-state index contributed by atoms with van der Waals surface area (Å²) in [6, 6.07) is 5.50. The van der Waals surface area contributed by atoms with Crippen LogP contribution in [0.15, 0.2) is 24.5 Å². The summed E-state index contributed by atoms with van der Waals surface area (Å²) >= 11 is 5.75. The fourth-order valence-electron chi connectivity index (χ4n) is 3.19. The zero-order valence-corrected chi connectivity index (χ0v) is 19.0. The van der Waals surface area contributed by atoms with E-state index in [-0.39, 0.29) is 0 Å². The van der Waals surface area contributed by atoms with E-state index in [1.807, 2.05) is 60.3 Å². The molecule has 0 aliphatic rings. The SMILES string of the molecule is Cc1cc(C#N)nnc1-c1cn(C)nc1C.Cc1cc(Cl)nnc1-c1cn(C)nc1C. The predicted molar refractivity (Wildman–Crippen MR) is 117 cm³/mol. The molecule has 0 aliphatic heterocycles. The summed E-state index contributed by atoms with van der Waals surface area (Å²) in [5.41, 5.74) is 7.70. The smallest absolute Gasteiger partial charge is 0.163 e. The third kappa shape index (κ3) is 4.92. The van der Waals surface area contributed by atoms with Crippen molar-refractivity contribution in [3.8, 4) is 28.6 Å². The molecule has 0 amide bonds. The topological polar surface area (TPSA) is 111 Å². The fraction of sp³-hybridized carbons (Fsp3) is 0.286. The third-order valence-corrected chi connectivity index (χ3v) is 4.78. The van der Waals surface area contributed by atoms with Gasteiger partial charge >= 0.3 is 0 Å². The molecule has 0 aromatic carbocycles. The second kappa shape index (κ2) is 9.02. The lowest BCUT2D eigenvalue weighted by atomic mass is 10.1. The quantitative estimate of drug-likeness (QED) is 0.473. The number of aryl methyl sites for hydroxylation is 6. The Labute approximate surface area is 185 Å². The van der Waals surface area contributed by atoms with Gasteiger partial charge in [-0.2, -0.15) is 15.5 Å². The molecular weight excluding hydrogens is 414 g/mol. The summed E-state index contributed by atoms with van der Waals surface area (Å²) in [6.07, 6.45) is 3.83. The van der Waals surface area contributed by atoms with Gasteiger partial charge in [-0.1, -0.05) is 11.6 Å². The van der Waals surface area contributed by atoms with Crippen LogP contribution in [0.25, 0.3) is 22.5 Å². The predicted octanol–water partition coefficient (Wildman–Crippen LogP) is 3.51. The first-order chi connectivity index (χ1) is 14.7.